The monoisotopic (exact) mass is 430 g/mol. The SMILES string of the molecule is O[C@]1(COCc2ccccc2)C=CC[C@@H](OCc2ccccc2)[C@@H]1OCc1ccccc1. The Kier molecular flexibility index (Phi) is 7.86. The van der Waals surface area contributed by atoms with Crippen LogP contribution in [0.4, 0.5) is 0 Å². The summed E-state index contributed by atoms with van der Waals surface area (Å²) in [5.74, 6) is 0. The summed E-state index contributed by atoms with van der Waals surface area (Å²) in [6.45, 7) is 1.41. The highest BCUT2D eigenvalue weighted by Gasteiger charge is 2.43. The topological polar surface area (TPSA) is 47.9 Å². The molecule has 0 spiro atoms. The van der Waals surface area contributed by atoms with Crippen molar-refractivity contribution in [2.75, 3.05) is 6.61 Å². The summed E-state index contributed by atoms with van der Waals surface area (Å²) in [5.41, 5.74) is 1.93. The predicted octanol–water partition coefficient (Wildman–Crippen LogP) is 5.07. The second-order valence-corrected chi connectivity index (χ2v) is 8.16. The van der Waals surface area contributed by atoms with Crippen molar-refractivity contribution < 1.29 is 19.3 Å². The number of benzene rings is 3. The van der Waals surface area contributed by atoms with E-state index >= 15 is 0 Å². The van der Waals surface area contributed by atoms with E-state index in [4.69, 9.17) is 14.2 Å². The first-order chi connectivity index (χ1) is 15.7. The fourth-order valence-corrected chi connectivity index (χ4v) is 3.93. The van der Waals surface area contributed by atoms with E-state index in [9.17, 15) is 5.11 Å². The third-order valence-electron chi connectivity index (χ3n) is 5.63. The maximum absolute atomic E-state index is 11.5. The summed E-state index contributed by atoms with van der Waals surface area (Å²) in [7, 11) is 0. The highest BCUT2D eigenvalue weighted by Crippen LogP contribution is 2.30. The molecule has 0 radical (unpaired) electrons. The zero-order valence-corrected chi connectivity index (χ0v) is 18.2. The standard InChI is InChI=1S/C28H30O4/c29-28(22-30-19-23-11-4-1-5-12-23)18-10-17-26(31-20-24-13-6-2-7-14-24)27(28)32-21-25-15-8-3-9-16-25/h1-16,18,26-27,29H,17,19-22H2/t26-,27+,28+/m1/s1. The van der Waals surface area contributed by atoms with Gasteiger partial charge in [0, 0.05) is 0 Å². The lowest BCUT2D eigenvalue weighted by Gasteiger charge is -2.40. The highest BCUT2D eigenvalue weighted by molar-refractivity contribution is 5.18. The van der Waals surface area contributed by atoms with Gasteiger partial charge in [0.25, 0.3) is 0 Å². The summed E-state index contributed by atoms with van der Waals surface area (Å²) < 4.78 is 18.4. The Hall–Kier alpha value is -2.76. The minimum Gasteiger partial charge on any atom is -0.381 e. The molecule has 3 aromatic rings. The Bertz CT molecular complexity index is 958. The molecule has 0 amide bonds. The predicted molar refractivity (Wildman–Crippen MR) is 125 cm³/mol. The first-order valence-electron chi connectivity index (χ1n) is 11.1. The second-order valence-electron chi connectivity index (χ2n) is 8.16. The fraction of sp³-hybridized carbons (Fsp3) is 0.286. The van der Waals surface area contributed by atoms with Crippen molar-refractivity contribution in [3.8, 4) is 0 Å². The van der Waals surface area contributed by atoms with Crippen molar-refractivity contribution in [2.45, 2.75) is 44.1 Å². The number of rotatable bonds is 10. The molecule has 4 heteroatoms. The van der Waals surface area contributed by atoms with Crippen molar-refractivity contribution >= 4 is 0 Å². The number of hydrogen-bond donors (Lipinski definition) is 1. The van der Waals surface area contributed by atoms with Crippen LogP contribution in [0.5, 0.6) is 0 Å². The van der Waals surface area contributed by atoms with Gasteiger partial charge in [0.1, 0.15) is 11.7 Å². The lowest BCUT2D eigenvalue weighted by molar-refractivity contribution is -0.181. The summed E-state index contributed by atoms with van der Waals surface area (Å²) >= 11 is 0. The molecule has 3 atom stereocenters. The summed E-state index contributed by atoms with van der Waals surface area (Å²) in [5, 5.41) is 11.5. The van der Waals surface area contributed by atoms with E-state index in [1.165, 1.54) is 0 Å². The third kappa shape index (κ3) is 6.15. The Morgan fingerprint density at radius 1 is 0.688 bits per heavy atom. The van der Waals surface area contributed by atoms with Crippen LogP contribution in [0.3, 0.4) is 0 Å². The van der Waals surface area contributed by atoms with Gasteiger partial charge in [0.2, 0.25) is 0 Å². The van der Waals surface area contributed by atoms with Crippen molar-refractivity contribution in [3.05, 3.63) is 120 Å². The lowest BCUT2D eigenvalue weighted by Crippen LogP contribution is -2.54. The average molecular weight is 431 g/mol. The summed E-state index contributed by atoms with van der Waals surface area (Å²) in [6.07, 6.45) is 3.61. The van der Waals surface area contributed by atoms with E-state index in [0.717, 1.165) is 16.7 Å². The molecule has 3 aromatic carbocycles. The maximum Gasteiger partial charge on any atom is 0.135 e. The zero-order valence-electron chi connectivity index (χ0n) is 18.2. The molecule has 4 rings (SSSR count). The van der Waals surface area contributed by atoms with Gasteiger partial charge < -0.3 is 19.3 Å². The molecule has 0 saturated heterocycles. The molecule has 4 nitrogen and oxygen atoms in total. The van der Waals surface area contributed by atoms with Crippen LogP contribution in [-0.4, -0.2) is 29.5 Å². The van der Waals surface area contributed by atoms with Gasteiger partial charge in [-0.2, -0.15) is 0 Å². The van der Waals surface area contributed by atoms with Crippen molar-refractivity contribution in [1.82, 2.24) is 0 Å². The molecule has 0 bridgehead atoms. The fourth-order valence-electron chi connectivity index (χ4n) is 3.93. The van der Waals surface area contributed by atoms with Gasteiger partial charge in [-0.15, -0.1) is 0 Å². The van der Waals surface area contributed by atoms with Crippen LogP contribution in [0.25, 0.3) is 0 Å². The molecular formula is C28H30O4. The molecule has 0 fully saturated rings. The first kappa shape index (κ1) is 22.4. The van der Waals surface area contributed by atoms with Crippen LogP contribution in [0, 0.1) is 0 Å². The van der Waals surface area contributed by atoms with E-state index in [2.05, 4.69) is 0 Å². The highest BCUT2D eigenvalue weighted by atomic mass is 16.6. The summed E-state index contributed by atoms with van der Waals surface area (Å²) in [4.78, 5) is 0. The van der Waals surface area contributed by atoms with E-state index in [1.54, 1.807) is 6.08 Å². The number of aliphatic hydroxyl groups is 1. The molecule has 1 N–H and O–H groups in total. The molecule has 0 unspecified atom stereocenters. The molecule has 0 heterocycles. The Labute approximate surface area is 190 Å². The minimum atomic E-state index is -1.27. The zero-order chi connectivity index (χ0) is 22.1. The molecule has 166 valence electrons. The second kappa shape index (κ2) is 11.2. The quantitative estimate of drug-likeness (QED) is 0.457. The van der Waals surface area contributed by atoms with Crippen molar-refractivity contribution in [1.29, 1.82) is 0 Å². The van der Waals surface area contributed by atoms with Crippen LogP contribution in [0.2, 0.25) is 0 Å². The first-order valence-corrected chi connectivity index (χ1v) is 11.1. The van der Waals surface area contributed by atoms with Gasteiger partial charge >= 0.3 is 0 Å². The van der Waals surface area contributed by atoms with Crippen LogP contribution in [0.1, 0.15) is 23.1 Å². The van der Waals surface area contributed by atoms with Gasteiger partial charge in [-0.25, -0.2) is 0 Å². The van der Waals surface area contributed by atoms with Gasteiger partial charge in [-0.3, -0.25) is 0 Å². The minimum absolute atomic E-state index is 0.128. The van der Waals surface area contributed by atoms with Crippen molar-refractivity contribution in [2.24, 2.45) is 0 Å². The van der Waals surface area contributed by atoms with Crippen LogP contribution in [-0.2, 0) is 34.0 Å². The van der Waals surface area contributed by atoms with E-state index in [0.29, 0.717) is 26.2 Å². The van der Waals surface area contributed by atoms with Gasteiger partial charge in [-0.1, -0.05) is 103 Å². The Morgan fingerprint density at radius 3 is 1.75 bits per heavy atom. The van der Waals surface area contributed by atoms with Crippen LogP contribution < -0.4 is 0 Å². The molecule has 0 saturated carbocycles. The van der Waals surface area contributed by atoms with E-state index in [1.807, 2.05) is 97.1 Å². The third-order valence-corrected chi connectivity index (χ3v) is 5.63. The van der Waals surface area contributed by atoms with Crippen molar-refractivity contribution in [3.63, 3.8) is 0 Å². The lowest BCUT2D eigenvalue weighted by atomic mass is 9.86. The van der Waals surface area contributed by atoms with Crippen LogP contribution >= 0.6 is 0 Å². The number of hydrogen-bond acceptors (Lipinski definition) is 4. The molecule has 1 aliphatic rings. The molecule has 0 aromatic heterocycles. The number of ether oxygens (including phenoxy) is 3. The molecule has 32 heavy (non-hydrogen) atoms. The van der Waals surface area contributed by atoms with Gasteiger partial charge in [-0.05, 0) is 23.1 Å². The molecule has 1 aliphatic carbocycles. The molecule has 0 aliphatic heterocycles. The van der Waals surface area contributed by atoms with Crippen LogP contribution in [0.15, 0.2) is 103 Å². The van der Waals surface area contributed by atoms with Gasteiger partial charge in [0.15, 0.2) is 0 Å². The smallest absolute Gasteiger partial charge is 0.135 e. The average Bonchev–Trinajstić information content (AvgIpc) is 2.84. The largest absolute Gasteiger partial charge is 0.381 e. The maximum atomic E-state index is 11.5. The van der Waals surface area contributed by atoms with E-state index < -0.39 is 11.7 Å². The van der Waals surface area contributed by atoms with E-state index in [-0.39, 0.29) is 12.7 Å². The normalized spacial score (nSPS) is 22.7. The Balaban J connectivity index is 1.45. The Morgan fingerprint density at radius 2 is 1.19 bits per heavy atom. The van der Waals surface area contributed by atoms with Gasteiger partial charge in [0.05, 0.1) is 32.5 Å². The molecular weight excluding hydrogens is 400 g/mol. The summed E-state index contributed by atoms with van der Waals surface area (Å²) in [6, 6.07) is 30.0.